The summed E-state index contributed by atoms with van der Waals surface area (Å²) in [4.78, 5) is 27.5. The van der Waals surface area contributed by atoms with Gasteiger partial charge in [0.05, 0.1) is 0 Å². The summed E-state index contributed by atoms with van der Waals surface area (Å²) >= 11 is 0. The van der Waals surface area contributed by atoms with E-state index >= 15 is 0 Å². The Bertz CT molecular complexity index is 1190. The second-order valence-electron chi connectivity index (χ2n) is 11.5. The predicted molar refractivity (Wildman–Crippen MR) is 157 cm³/mol. The fourth-order valence-corrected chi connectivity index (χ4v) is 6.17. The smallest absolute Gasteiger partial charge is 0.253 e. The molecule has 5 rings (SSSR count). The number of carbonyl (C=O) groups excluding carboxylic acids is 2. The van der Waals surface area contributed by atoms with E-state index < -0.39 is 5.82 Å². The van der Waals surface area contributed by atoms with Crippen molar-refractivity contribution in [1.29, 1.82) is 0 Å². The highest BCUT2D eigenvalue weighted by atomic mass is 19.1. The van der Waals surface area contributed by atoms with Crippen LogP contribution < -0.4 is 25.8 Å². The number of nitrogens with one attached hydrogen (secondary N) is 2. The topological polar surface area (TPSA) is 106 Å². The number of likely N-dealkylation sites (tertiary alicyclic amines) is 1. The van der Waals surface area contributed by atoms with Crippen LogP contribution in [0.4, 0.5) is 10.1 Å². The molecule has 0 bridgehead atoms. The first-order chi connectivity index (χ1) is 20.0. The summed E-state index contributed by atoms with van der Waals surface area (Å²) in [6.45, 7) is 3.39. The first kappa shape index (κ1) is 29.3. The van der Waals surface area contributed by atoms with E-state index in [1.165, 1.54) is 37.0 Å². The van der Waals surface area contributed by atoms with Gasteiger partial charge in [-0.05, 0) is 74.5 Å². The third-order valence-corrected chi connectivity index (χ3v) is 8.41. The Morgan fingerprint density at radius 3 is 2.51 bits per heavy atom. The number of nitrogens with zero attached hydrogens (tertiary/aromatic N) is 1. The normalized spacial score (nSPS) is 20.1. The Balaban J connectivity index is 1.20. The van der Waals surface area contributed by atoms with Crippen LogP contribution in [0.15, 0.2) is 36.4 Å². The number of nitrogens with two attached hydrogens (primary N) is 1. The summed E-state index contributed by atoms with van der Waals surface area (Å²) in [6.07, 6.45) is 9.16. The Morgan fingerprint density at radius 2 is 1.78 bits per heavy atom. The molecular formula is C32H43FN4O4. The van der Waals surface area contributed by atoms with Gasteiger partial charge in [-0.1, -0.05) is 19.3 Å². The lowest BCUT2D eigenvalue weighted by Crippen LogP contribution is -2.41. The quantitative estimate of drug-likeness (QED) is 0.375. The van der Waals surface area contributed by atoms with Crippen LogP contribution in [0.5, 0.6) is 11.5 Å². The lowest BCUT2D eigenvalue weighted by Gasteiger charge is -2.33. The van der Waals surface area contributed by atoms with Crippen molar-refractivity contribution in [3.63, 3.8) is 0 Å². The molecule has 4 N–H and O–H groups in total. The fourth-order valence-electron chi connectivity index (χ4n) is 6.17. The van der Waals surface area contributed by atoms with Gasteiger partial charge in [-0.25, -0.2) is 4.39 Å². The van der Waals surface area contributed by atoms with Gasteiger partial charge in [0, 0.05) is 62.3 Å². The molecule has 2 amide bonds. The van der Waals surface area contributed by atoms with Crippen LogP contribution in [-0.4, -0.2) is 61.6 Å². The van der Waals surface area contributed by atoms with Crippen LogP contribution in [0.2, 0.25) is 0 Å². The molecule has 0 spiro atoms. The molecule has 8 nitrogen and oxygen atoms in total. The Morgan fingerprint density at radius 1 is 0.976 bits per heavy atom. The van der Waals surface area contributed by atoms with Gasteiger partial charge < -0.3 is 30.7 Å². The van der Waals surface area contributed by atoms with Crippen molar-refractivity contribution >= 4 is 17.5 Å². The average molecular weight is 567 g/mol. The Labute approximate surface area is 242 Å². The van der Waals surface area contributed by atoms with E-state index in [1.54, 1.807) is 6.07 Å². The molecule has 1 atom stereocenters. The van der Waals surface area contributed by atoms with Crippen molar-refractivity contribution in [3.8, 4) is 11.5 Å². The number of anilines is 1. The van der Waals surface area contributed by atoms with Crippen molar-refractivity contribution in [2.24, 2.45) is 5.73 Å². The molecule has 9 heteroatoms. The minimum Gasteiger partial charge on any atom is -0.490 e. The van der Waals surface area contributed by atoms with Crippen molar-refractivity contribution in [1.82, 2.24) is 10.2 Å². The summed E-state index contributed by atoms with van der Waals surface area (Å²) in [5.41, 5.74) is 7.71. The van der Waals surface area contributed by atoms with Crippen molar-refractivity contribution in [3.05, 3.63) is 53.3 Å². The predicted octanol–water partition coefficient (Wildman–Crippen LogP) is 4.98. The van der Waals surface area contributed by atoms with Crippen molar-refractivity contribution in [2.45, 2.75) is 82.3 Å². The highest BCUT2D eigenvalue weighted by molar-refractivity contribution is 5.94. The molecule has 1 aliphatic carbocycles. The SMILES string of the molecule is NCCCC(=O)Nc1cc(F)cc(OC2CCN(C(=O)c3ccc(O[C@H]4CCNC4)c(C4CCCCC4)c3)CC2)c1. The number of halogens is 1. The Kier molecular flexibility index (Phi) is 10.1. The van der Waals surface area contributed by atoms with Crippen LogP contribution in [0.1, 0.15) is 86.0 Å². The lowest BCUT2D eigenvalue weighted by molar-refractivity contribution is -0.116. The van der Waals surface area contributed by atoms with Gasteiger partial charge in [-0.2, -0.15) is 0 Å². The molecule has 0 radical (unpaired) electrons. The molecule has 3 aliphatic rings. The zero-order valence-corrected chi connectivity index (χ0v) is 23.8. The van der Waals surface area contributed by atoms with Crippen molar-refractivity contribution in [2.75, 3.05) is 38.0 Å². The highest BCUT2D eigenvalue weighted by Gasteiger charge is 2.28. The van der Waals surface area contributed by atoms with Gasteiger partial charge in [0.2, 0.25) is 5.91 Å². The molecule has 2 saturated heterocycles. The van der Waals surface area contributed by atoms with E-state index in [4.69, 9.17) is 15.2 Å². The minimum absolute atomic E-state index is 0.0304. The molecule has 0 aromatic heterocycles. The van der Waals surface area contributed by atoms with Crippen LogP contribution in [0.3, 0.4) is 0 Å². The van der Waals surface area contributed by atoms with Crippen molar-refractivity contribution < 1.29 is 23.5 Å². The fraction of sp³-hybridized carbons (Fsp3) is 0.562. The molecule has 3 fully saturated rings. The van der Waals surface area contributed by atoms with E-state index in [2.05, 4.69) is 16.7 Å². The maximum absolute atomic E-state index is 14.2. The second kappa shape index (κ2) is 14.1. The van der Waals surface area contributed by atoms with E-state index in [0.717, 1.165) is 38.1 Å². The third kappa shape index (κ3) is 7.98. The third-order valence-electron chi connectivity index (χ3n) is 8.41. The number of ether oxygens (including phenoxy) is 2. The number of amides is 2. The molecule has 2 heterocycles. The highest BCUT2D eigenvalue weighted by Crippen LogP contribution is 2.39. The minimum atomic E-state index is -0.477. The maximum Gasteiger partial charge on any atom is 0.253 e. The lowest BCUT2D eigenvalue weighted by atomic mass is 9.83. The number of hydrogen-bond donors (Lipinski definition) is 3. The first-order valence-electron chi connectivity index (χ1n) is 15.3. The largest absolute Gasteiger partial charge is 0.490 e. The molecular weight excluding hydrogens is 523 g/mol. The number of hydrogen-bond acceptors (Lipinski definition) is 6. The van der Waals surface area contributed by atoms with Crippen LogP contribution in [0.25, 0.3) is 0 Å². The number of carbonyl (C=O) groups is 2. The monoisotopic (exact) mass is 566 g/mol. The number of rotatable bonds is 10. The molecule has 0 unspecified atom stereocenters. The molecule has 2 aromatic rings. The number of benzene rings is 2. The zero-order chi connectivity index (χ0) is 28.6. The molecule has 1 saturated carbocycles. The van der Waals surface area contributed by atoms with Gasteiger partial charge in [-0.15, -0.1) is 0 Å². The first-order valence-corrected chi connectivity index (χ1v) is 15.3. The molecule has 222 valence electrons. The molecule has 2 aromatic carbocycles. The summed E-state index contributed by atoms with van der Waals surface area (Å²) in [5.74, 6) is 1.08. The van der Waals surface area contributed by atoms with E-state index in [0.29, 0.717) is 61.8 Å². The number of piperidine rings is 1. The van der Waals surface area contributed by atoms with Gasteiger partial charge in [0.15, 0.2) is 0 Å². The Hall–Kier alpha value is -3.17. The molecule has 41 heavy (non-hydrogen) atoms. The second-order valence-corrected chi connectivity index (χ2v) is 11.5. The maximum atomic E-state index is 14.2. The van der Waals surface area contributed by atoms with Crippen LogP contribution in [-0.2, 0) is 4.79 Å². The van der Waals surface area contributed by atoms with Crippen LogP contribution in [0, 0.1) is 5.82 Å². The zero-order valence-electron chi connectivity index (χ0n) is 23.8. The van der Waals surface area contributed by atoms with Gasteiger partial charge in [0.25, 0.3) is 5.91 Å². The average Bonchev–Trinajstić information content (AvgIpc) is 3.50. The van der Waals surface area contributed by atoms with Gasteiger partial charge >= 0.3 is 0 Å². The summed E-state index contributed by atoms with van der Waals surface area (Å²) < 4.78 is 26.7. The summed E-state index contributed by atoms with van der Waals surface area (Å²) in [6, 6.07) is 10.2. The summed E-state index contributed by atoms with van der Waals surface area (Å²) in [5, 5.41) is 6.08. The summed E-state index contributed by atoms with van der Waals surface area (Å²) in [7, 11) is 0. The van der Waals surface area contributed by atoms with Gasteiger partial charge in [-0.3, -0.25) is 9.59 Å². The van der Waals surface area contributed by atoms with E-state index in [1.807, 2.05) is 17.0 Å². The van der Waals surface area contributed by atoms with Gasteiger partial charge in [0.1, 0.15) is 29.5 Å². The van der Waals surface area contributed by atoms with E-state index in [-0.39, 0.29) is 30.4 Å². The molecule has 2 aliphatic heterocycles. The van der Waals surface area contributed by atoms with Crippen LogP contribution >= 0.6 is 0 Å². The standard InChI is InChI=1S/C32H43FN4O4/c33-24-18-25(36-31(38)7-4-13-34)20-28(19-24)40-26-11-15-37(16-12-26)32(39)23-8-9-30(41-27-10-14-35-21-27)29(17-23)22-5-2-1-3-6-22/h8-9,17-20,22,26-27,35H,1-7,10-16,21,34H2,(H,36,38)/t27-/m0/s1. The van der Waals surface area contributed by atoms with E-state index in [9.17, 15) is 14.0 Å².